The third-order valence-corrected chi connectivity index (χ3v) is 4.84. The summed E-state index contributed by atoms with van der Waals surface area (Å²) in [6.07, 6.45) is 0. The Morgan fingerprint density at radius 2 is 1.47 bits per heavy atom. The Labute approximate surface area is 193 Å². The summed E-state index contributed by atoms with van der Waals surface area (Å²) in [5.74, 6) is -1.02. The van der Waals surface area contributed by atoms with Gasteiger partial charge in [-0.15, -0.1) is 0 Å². The molecule has 172 valence electrons. The molecule has 0 bridgehead atoms. The number of urea groups is 1. The number of anilines is 2. The van der Waals surface area contributed by atoms with E-state index in [0.717, 1.165) is 0 Å². The number of halogens is 2. The van der Waals surface area contributed by atoms with Crippen LogP contribution in [0.2, 0.25) is 0 Å². The Morgan fingerprint density at radius 3 is 2.15 bits per heavy atom. The summed E-state index contributed by atoms with van der Waals surface area (Å²) in [6.45, 7) is -0.332. The molecule has 0 fully saturated rings. The average molecular weight is 463 g/mol. The van der Waals surface area contributed by atoms with Crippen molar-refractivity contribution in [3.8, 4) is 17.0 Å². The number of carbonyl (C=O) groups is 2. The van der Waals surface area contributed by atoms with Gasteiger partial charge in [-0.1, -0.05) is 0 Å². The van der Waals surface area contributed by atoms with Gasteiger partial charge in [0.05, 0.1) is 18.3 Å². The molecule has 0 atom stereocenters. The van der Waals surface area contributed by atoms with Crippen molar-refractivity contribution in [2.75, 3.05) is 24.4 Å². The highest BCUT2D eigenvalue weighted by Gasteiger charge is 2.13. The summed E-state index contributed by atoms with van der Waals surface area (Å²) < 4.78 is 36.7. The molecule has 2 amide bonds. The summed E-state index contributed by atoms with van der Waals surface area (Å²) in [4.78, 5) is 28.6. The SMILES string of the molecule is COC(=O)COc1cc(-c2ccc(F)cc2)nc2ccc(NC(=O)Nc3ccc(F)cc3)cc12. The quantitative estimate of drug-likeness (QED) is 0.375. The maximum Gasteiger partial charge on any atom is 0.343 e. The molecule has 0 saturated heterocycles. The number of hydrogen-bond donors (Lipinski definition) is 2. The Kier molecular flexibility index (Phi) is 6.63. The first kappa shape index (κ1) is 22.7. The molecule has 4 aromatic rings. The maximum absolute atomic E-state index is 13.3. The molecule has 34 heavy (non-hydrogen) atoms. The fraction of sp³-hybridized carbons (Fsp3) is 0.0800. The van der Waals surface area contributed by atoms with E-state index in [9.17, 15) is 18.4 Å². The number of rotatable bonds is 6. The minimum atomic E-state index is -0.568. The van der Waals surface area contributed by atoms with Gasteiger partial charge in [0.2, 0.25) is 0 Å². The topological polar surface area (TPSA) is 89.6 Å². The first-order valence-corrected chi connectivity index (χ1v) is 10.2. The van der Waals surface area contributed by atoms with E-state index >= 15 is 0 Å². The van der Waals surface area contributed by atoms with Gasteiger partial charge in [-0.05, 0) is 66.7 Å². The van der Waals surface area contributed by atoms with Gasteiger partial charge in [0.15, 0.2) is 6.61 Å². The summed E-state index contributed by atoms with van der Waals surface area (Å²) in [7, 11) is 1.25. The van der Waals surface area contributed by atoms with Crippen molar-refractivity contribution in [1.82, 2.24) is 4.98 Å². The molecule has 9 heteroatoms. The van der Waals surface area contributed by atoms with Crippen LogP contribution >= 0.6 is 0 Å². The Morgan fingerprint density at radius 1 is 0.853 bits per heavy atom. The Balaban J connectivity index is 1.64. The highest BCUT2D eigenvalue weighted by atomic mass is 19.1. The zero-order valence-corrected chi connectivity index (χ0v) is 18.0. The van der Waals surface area contributed by atoms with E-state index in [0.29, 0.717) is 39.3 Å². The number of nitrogens with one attached hydrogen (secondary N) is 2. The van der Waals surface area contributed by atoms with Crippen molar-refractivity contribution >= 4 is 34.3 Å². The molecule has 0 radical (unpaired) electrons. The lowest BCUT2D eigenvalue weighted by Gasteiger charge is -2.13. The Bertz CT molecular complexity index is 1340. The van der Waals surface area contributed by atoms with E-state index in [1.165, 1.54) is 43.5 Å². The van der Waals surface area contributed by atoms with Gasteiger partial charge in [0, 0.05) is 28.4 Å². The molecule has 0 saturated carbocycles. The molecular formula is C25H19F2N3O4. The van der Waals surface area contributed by atoms with Crippen LogP contribution in [-0.2, 0) is 9.53 Å². The number of methoxy groups -OCH3 is 1. The molecule has 1 heterocycles. The smallest absolute Gasteiger partial charge is 0.343 e. The number of hydrogen-bond acceptors (Lipinski definition) is 5. The van der Waals surface area contributed by atoms with Gasteiger partial charge < -0.3 is 20.1 Å². The summed E-state index contributed by atoms with van der Waals surface area (Å²) >= 11 is 0. The molecule has 1 aromatic heterocycles. The molecule has 0 aliphatic heterocycles. The van der Waals surface area contributed by atoms with Crippen LogP contribution in [0.25, 0.3) is 22.2 Å². The highest BCUT2D eigenvalue weighted by Crippen LogP contribution is 2.32. The molecule has 0 unspecified atom stereocenters. The van der Waals surface area contributed by atoms with Crippen molar-refractivity contribution in [3.05, 3.63) is 84.4 Å². The number of fused-ring (bicyclic) bond motifs is 1. The minimum absolute atomic E-state index is 0.331. The fourth-order valence-electron chi connectivity index (χ4n) is 3.18. The zero-order chi connectivity index (χ0) is 24.1. The summed E-state index contributed by atoms with van der Waals surface area (Å²) in [6, 6.07) is 17.2. The Hall–Kier alpha value is -4.53. The molecular weight excluding hydrogens is 444 g/mol. The van der Waals surface area contributed by atoms with Crippen LogP contribution < -0.4 is 15.4 Å². The van der Waals surface area contributed by atoms with Crippen molar-refractivity contribution in [2.45, 2.75) is 0 Å². The van der Waals surface area contributed by atoms with Crippen LogP contribution in [0.1, 0.15) is 0 Å². The van der Waals surface area contributed by atoms with Crippen molar-refractivity contribution in [3.63, 3.8) is 0 Å². The number of carbonyl (C=O) groups excluding carboxylic acids is 2. The first-order chi connectivity index (χ1) is 16.4. The monoisotopic (exact) mass is 463 g/mol. The standard InChI is InChI=1S/C25H19F2N3O4/c1-33-24(31)14-34-23-13-22(15-2-4-16(26)5-3-15)30-21-11-10-19(12-20(21)23)29-25(32)28-18-8-6-17(27)7-9-18/h2-13H,14H2,1H3,(H2,28,29,32). The normalized spacial score (nSPS) is 10.6. The van der Waals surface area contributed by atoms with Gasteiger partial charge in [-0.2, -0.15) is 0 Å². The average Bonchev–Trinajstić information content (AvgIpc) is 2.84. The van der Waals surface area contributed by atoms with Crippen molar-refractivity contribution < 1.29 is 27.8 Å². The van der Waals surface area contributed by atoms with Gasteiger partial charge in [0.1, 0.15) is 17.4 Å². The van der Waals surface area contributed by atoms with Crippen molar-refractivity contribution in [2.24, 2.45) is 0 Å². The van der Waals surface area contributed by atoms with Crippen LogP contribution in [0, 0.1) is 11.6 Å². The molecule has 0 aliphatic carbocycles. The third-order valence-electron chi connectivity index (χ3n) is 4.84. The van der Waals surface area contributed by atoms with Gasteiger partial charge >= 0.3 is 12.0 Å². The lowest BCUT2D eigenvalue weighted by molar-refractivity contribution is -0.142. The molecule has 4 rings (SSSR count). The summed E-state index contributed by atoms with van der Waals surface area (Å²) in [5.41, 5.74) is 2.57. The van der Waals surface area contributed by atoms with Crippen LogP contribution in [0.5, 0.6) is 5.75 Å². The van der Waals surface area contributed by atoms with Gasteiger partial charge in [-0.25, -0.2) is 23.4 Å². The number of esters is 1. The van der Waals surface area contributed by atoms with Crippen LogP contribution in [0.4, 0.5) is 25.0 Å². The largest absolute Gasteiger partial charge is 0.481 e. The second-order valence-corrected chi connectivity index (χ2v) is 7.20. The minimum Gasteiger partial charge on any atom is -0.481 e. The fourth-order valence-corrected chi connectivity index (χ4v) is 3.18. The zero-order valence-electron chi connectivity index (χ0n) is 18.0. The number of pyridine rings is 1. The molecule has 7 nitrogen and oxygen atoms in total. The van der Waals surface area contributed by atoms with Crippen molar-refractivity contribution in [1.29, 1.82) is 0 Å². The predicted molar refractivity (Wildman–Crippen MR) is 124 cm³/mol. The lowest BCUT2D eigenvalue weighted by Crippen LogP contribution is -2.19. The molecule has 0 spiro atoms. The maximum atomic E-state index is 13.3. The lowest BCUT2D eigenvalue weighted by atomic mass is 10.1. The van der Waals surface area contributed by atoms with Crippen LogP contribution in [0.15, 0.2) is 72.8 Å². The predicted octanol–water partition coefficient (Wildman–Crippen LogP) is 5.38. The number of amides is 2. The summed E-state index contributed by atoms with van der Waals surface area (Å²) in [5, 5.41) is 5.84. The third kappa shape index (κ3) is 5.44. The number of nitrogens with zero attached hydrogens (tertiary/aromatic N) is 1. The molecule has 2 N–H and O–H groups in total. The van der Waals surface area contributed by atoms with E-state index in [1.54, 1.807) is 36.4 Å². The highest BCUT2D eigenvalue weighted by molar-refractivity contribution is 6.01. The molecule has 0 aliphatic rings. The van der Waals surface area contributed by atoms with Gasteiger partial charge in [-0.3, -0.25) is 0 Å². The van der Waals surface area contributed by atoms with Crippen LogP contribution in [-0.4, -0.2) is 30.7 Å². The first-order valence-electron chi connectivity index (χ1n) is 10.2. The van der Waals surface area contributed by atoms with E-state index in [-0.39, 0.29) is 12.4 Å². The van der Waals surface area contributed by atoms with E-state index in [2.05, 4.69) is 20.4 Å². The van der Waals surface area contributed by atoms with E-state index in [1.807, 2.05) is 0 Å². The van der Waals surface area contributed by atoms with E-state index < -0.39 is 17.8 Å². The second kappa shape index (κ2) is 9.95. The van der Waals surface area contributed by atoms with E-state index in [4.69, 9.17) is 4.74 Å². The van der Waals surface area contributed by atoms with Gasteiger partial charge in [0.25, 0.3) is 0 Å². The number of aromatic nitrogens is 1. The second-order valence-electron chi connectivity index (χ2n) is 7.20. The number of ether oxygens (including phenoxy) is 2. The number of benzene rings is 3. The van der Waals surface area contributed by atoms with Crippen LogP contribution in [0.3, 0.4) is 0 Å². The molecule has 3 aromatic carbocycles.